The van der Waals surface area contributed by atoms with Gasteiger partial charge in [0.2, 0.25) is 5.75 Å². The molecule has 210 valence electrons. The third kappa shape index (κ3) is 7.56. The van der Waals surface area contributed by atoms with Gasteiger partial charge in [-0.2, -0.15) is 8.78 Å². The third-order valence-corrected chi connectivity index (χ3v) is 8.18. The molecule has 0 radical (unpaired) electrons. The molecule has 0 heterocycles. The van der Waals surface area contributed by atoms with Gasteiger partial charge in [-0.3, -0.25) is 0 Å². The topological polar surface area (TPSA) is 18.5 Å². The van der Waals surface area contributed by atoms with E-state index in [-0.39, 0.29) is 17.9 Å². The Bertz CT molecular complexity index is 1030. The van der Waals surface area contributed by atoms with E-state index in [0.29, 0.717) is 5.92 Å². The van der Waals surface area contributed by atoms with Gasteiger partial charge in [0, 0.05) is 0 Å². The van der Waals surface area contributed by atoms with Crippen LogP contribution < -0.4 is 9.47 Å². The molecular weight excluding hydrogens is 513 g/mol. The third-order valence-electron chi connectivity index (χ3n) is 8.18. The van der Waals surface area contributed by atoms with Crippen molar-refractivity contribution >= 4 is 0 Å². The summed E-state index contributed by atoms with van der Waals surface area (Å²) in [6, 6.07) is 6.14. The minimum Gasteiger partial charge on any atom is -0.429 e. The quantitative estimate of drug-likeness (QED) is 0.307. The van der Waals surface area contributed by atoms with Crippen LogP contribution >= 0.6 is 0 Å². The average molecular weight is 547 g/mol. The van der Waals surface area contributed by atoms with Gasteiger partial charge in [0.15, 0.2) is 11.6 Å². The molecule has 2 saturated carbocycles. The van der Waals surface area contributed by atoms with Crippen LogP contribution in [-0.2, 0) is 12.5 Å². The zero-order valence-electron chi connectivity index (χ0n) is 21.3. The van der Waals surface area contributed by atoms with Crippen LogP contribution in [0.5, 0.6) is 11.5 Å². The van der Waals surface area contributed by atoms with Crippen molar-refractivity contribution < 1.29 is 40.2 Å². The fraction of sp³-hybridized carbons (Fsp3) is 0.586. The van der Waals surface area contributed by atoms with Crippen molar-refractivity contribution in [3.05, 3.63) is 59.2 Å². The van der Waals surface area contributed by atoms with Gasteiger partial charge in [0.25, 0.3) is 0 Å². The molecule has 0 spiro atoms. The second kappa shape index (κ2) is 11.7. The maximum absolute atomic E-state index is 14.5. The number of hydrogen-bond acceptors (Lipinski definition) is 2. The van der Waals surface area contributed by atoms with Crippen molar-refractivity contribution in [2.75, 3.05) is 0 Å². The number of rotatable bonds is 8. The highest BCUT2D eigenvalue weighted by Crippen LogP contribution is 2.42. The highest BCUT2D eigenvalue weighted by atomic mass is 19.4. The Morgan fingerprint density at radius 2 is 1.26 bits per heavy atom. The smallest absolute Gasteiger partial charge is 0.429 e. The van der Waals surface area contributed by atoms with Gasteiger partial charge in [-0.05, 0) is 92.0 Å². The van der Waals surface area contributed by atoms with Crippen molar-refractivity contribution in [1.82, 2.24) is 0 Å². The van der Waals surface area contributed by atoms with Crippen LogP contribution in [-0.4, -0.2) is 6.36 Å². The Morgan fingerprint density at radius 3 is 1.79 bits per heavy atom. The molecule has 0 unspecified atom stereocenters. The maximum Gasteiger partial charge on any atom is 0.573 e. The van der Waals surface area contributed by atoms with Gasteiger partial charge in [0.1, 0.15) is 5.75 Å². The fourth-order valence-electron chi connectivity index (χ4n) is 5.95. The first-order valence-corrected chi connectivity index (χ1v) is 13.3. The van der Waals surface area contributed by atoms with E-state index in [9.17, 15) is 30.7 Å². The van der Waals surface area contributed by atoms with Gasteiger partial charge in [-0.25, -0.2) is 8.78 Å². The molecule has 0 amide bonds. The van der Waals surface area contributed by atoms with Crippen LogP contribution in [0.2, 0.25) is 0 Å². The summed E-state index contributed by atoms with van der Waals surface area (Å²) in [5.74, 6) is -2.62. The SMILES string of the molecule is CC1CCC(C2CCC(CCc3ccc(OC(F)(F)c4cc(F)c(OC(F)(F)F)c(F)c4)cc3)CC2)CC1. The molecule has 4 rings (SSSR count). The Labute approximate surface area is 218 Å². The molecule has 0 atom stereocenters. The van der Waals surface area contributed by atoms with Gasteiger partial charge in [-0.15, -0.1) is 13.2 Å². The molecule has 2 nitrogen and oxygen atoms in total. The Balaban J connectivity index is 1.27. The predicted molar refractivity (Wildman–Crippen MR) is 129 cm³/mol. The van der Waals surface area contributed by atoms with Crippen molar-refractivity contribution in [3.8, 4) is 11.5 Å². The number of halogens is 7. The van der Waals surface area contributed by atoms with E-state index in [0.717, 1.165) is 36.2 Å². The number of alkyl halides is 5. The summed E-state index contributed by atoms with van der Waals surface area (Å²) in [5.41, 5.74) is -0.306. The molecule has 9 heteroatoms. The van der Waals surface area contributed by atoms with E-state index in [4.69, 9.17) is 0 Å². The number of ether oxygens (including phenoxy) is 2. The number of benzene rings is 2. The molecule has 2 aliphatic rings. The highest BCUT2D eigenvalue weighted by Gasteiger charge is 2.39. The molecule has 38 heavy (non-hydrogen) atoms. The normalized spacial score (nSPS) is 24.7. The summed E-state index contributed by atoms with van der Waals surface area (Å²) in [5, 5.41) is 0. The molecule has 0 N–H and O–H groups in total. The fourth-order valence-corrected chi connectivity index (χ4v) is 5.95. The van der Waals surface area contributed by atoms with E-state index >= 15 is 0 Å². The molecule has 0 saturated heterocycles. The number of aryl methyl sites for hydroxylation is 1. The molecule has 2 aromatic carbocycles. The van der Waals surface area contributed by atoms with Gasteiger partial charge < -0.3 is 9.47 Å². The first-order chi connectivity index (χ1) is 17.9. The highest BCUT2D eigenvalue weighted by molar-refractivity contribution is 5.34. The zero-order chi connectivity index (χ0) is 27.5. The standard InChI is InChI=1S/C29H33F7O2/c1-18-2-10-21(11-3-18)22-12-6-19(7-13-22)4-5-20-8-14-24(15-9-20)37-28(32,33)23-16-25(30)27(26(31)17-23)38-29(34,35)36/h8-9,14-19,21-22H,2-7,10-13H2,1H3. The monoisotopic (exact) mass is 546 g/mol. The number of hydrogen-bond donors (Lipinski definition) is 0. The van der Waals surface area contributed by atoms with Crippen LogP contribution in [0, 0.1) is 35.3 Å². The van der Waals surface area contributed by atoms with Crippen molar-refractivity contribution in [2.45, 2.75) is 83.6 Å². The molecule has 2 aromatic rings. The van der Waals surface area contributed by atoms with Gasteiger partial charge in [-0.1, -0.05) is 44.7 Å². The van der Waals surface area contributed by atoms with E-state index in [2.05, 4.69) is 16.4 Å². The lowest BCUT2D eigenvalue weighted by atomic mass is 9.69. The molecule has 2 fully saturated rings. The van der Waals surface area contributed by atoms with Crippen LogP contribution in [0.3, 0.4) is 0 Å². The molecule has 2 aliphatic carbocycles. The minimum absolute atomic E-state index is 0.0576. The molecule has 0 bridgehead atoms. The zero-order valence-corrected chi connectivity index (χ0v) is 21.3. The second-order valence-electron chi connectivity index (χ2n) is 10.9. The summed E-state index contributed by atoms with van der Waals surface area (Å²) in [6.45, 7) is 2.35. The summed E-state index contributed by atoms with van der Waals surface area (Å²) < 4.78 is 102. The first-order valence-electron chi connectivity index (χ1n) is 13.3. The molecule has 0 aromatic heterocycles. The Kier molecular flexibility index (Phi) is 8.82. The predicted octanol–water partition coefficient (Wildman–Crippen LogP) is 9.56. The van der Waals surface area contributed by atoms with E-state index < -0.39 is 35.4 Å². The van der Waals surface area contributed by atoms with Crippen LogP contribution in [0.4, 0.5) is 30.7 Å². The minimum atomic E-state index is -5.38. The van der Waals surface area contributed by atoms with E-state index in [1.165, 1.54) is 63.5 Å². The Hall–Kier alpha value is -2.45. The van der Waals surface area contributed by atoms with Crippen molar-refractivity contribution in [3.63, 3.8) is 0 Å². The average Bonchev–Trinajstić information content (AvgIpc) is 2.86. The largest absolute Gasteiger partial charge is 0.573 e. The molecular formula is C29H33F7O2. The summed E-state index contributed by atoms with van der Waals surface area (Å²) in [6.07, 6.45) is 2.74. The van der Waals surface area contributed by atoms with Gasteiger partial charge >= 0.3 is 12.5 Å². The second-order valence-corrected chi connectivity index (χ2v) is 10.9. The summed E-state index contributed by atoms with van der Waals surface area (Å²) in [4.78, 5) is 0. The van der Waals surface area contributed by atoms with Crippen molar-refractivity contribution in [1.29, 1.82) is 0 Å². The molecule has 0 aliphatic heterocycles. The Morgan fingerprint density at radius 1 is 0.737 bits per heavy atom. The summed E-state index contributed by atoms with van der Waals surface area (Å²) in [7, 11) is 0. The van der Waals surface area contributed by atoms with Crippen LogP contribution in [0.15, 0.2) is 36.4 Å². The van der Waals surface area contributed by atoms with Crippen molar-refractivity contribution in [2.24, 2.45) is 23.7 Å². The van der Waals surface area contributed by atoms with Crippen LogP contribution in [0.1, 0.15) is 75.8 Å². The van der Waals surface area contributed by atoms with Gasteiger partial charge in [0.05, 0.1) is 5.56 Å². The lowest BCUT2D eigenvalue weighted by Crippen LogP contribution is -2.25. The lowest BCUT2D eigenvalue weighted by Gasteiger charge is -2.37. The summed E-state index contributed by atoms with van der Waals surface area (Å²) >= 11 is 0. The van der Waals surface area contributed by atoms with E-state index in [1.807, 2.05) is 0 Å². The lowest BCUT2D eigenvalue weighted by molar-refractivity contribution is -0.276. The maximum atomic E-state index is 14.5. The first kappa shape index (κ1) is 28.6. The van der Waals surface area contributed by atoms with Crippen LogP contribution in [0.25, 0.3) is 0 Å². The van der Waals surface area contributed by atoms with E-state index in [1.54, 1.807) is 12.1 Å².